The van der Waals surface area contributed by atoms with Crippen LogP contribution in [0.1, 0.15) is 27.5 Å². The summed E-state index contributed by atoms with van der Waals surface area (Å²) in [5.41, 5.74) is 1.03. The van der Waals surface area contributed by atoms with Gasteiger partial charge in [0.1, 0.15) is 5.82 Å². The number of hydrogen-bond acceptors (Lipinski definition) is 2. The van der Waals surface area contributed by atoms with Crippen LogP contribution in [0.25, 0.3) is 0 Å². The Morgan fingerprint density at radius 3 is 2.50 bits per heavy atom. The lowest BCUT2D eigenvalue weighted by molar-refractivity contribution is 0.0942. The third kappa shape index (κ3) is 3.91. The molecule has 3 rings (SSSR count). The molecule has 4 nitrogen and oxygen atoms in total. The molecule has 0 bridgehead atoms. The third-order valence-corrected chi connectivity index (χ3v) is 4.54. The van der Waals surface area contributed by atoms with E-state index in [0.29, 0.717) is 10.0 Å². The average molecular weight is 415 g/mol. The molecule has 3 aromatic rings. The number of nitrogens with one attached hydrogen (secondary N) is 1. The maximum Gasteiger partial charge on any atom is 0.252 e. The summed E-state index contributed by atoms with van der Waals surface area (Å²) in [6, 6.07) is 16.0. The average Bonchev–Trinajstić information content (AvgIpc) is 2.63. The second kappa shape index (κ2) is 7.66. The predicted octanol–water partition coefficient (Wildman–Crippen LogP) is 3.81. The van der Waals surface area contributed by atoms with Crippen LogP contribution in [0.5, 0.6) is 0 Å². The highest BCUT2D eigenvalue weighted by Gasteiger charge is 2.21. The first kappa shape index (κ1) is 18.1. The van der Waals surface area contributed by atoms with E-state index >= 15 is 0 Å². The van der Waals surface area contributed by atoms with Gasteiger partial charge in [0.2, 0.25) is 0 Å². The van der Waals surface area contributed by atoms with Gasteiger partial charge in [0.05, 0.1) is 6.04 Å². The highest BCUT2D eigenvalue weighted by Crippen LogP contribution is 2.27. The summed E-state index contributed by atoms with van der Waals surface area (Å²) in [4.78, 5) is 24.4. The fraction of sp³-hybridized carbons (Fsp3) is 0.100. The Kier molecular flexibility index (Phi) is 5.32. The minimum absolute atomic E-state index is 0.228. The molecule has 1 N–H and O–H groups in total. The summed E-state index contributed by atoms with van der Waals surface area (Å²) >= 11 is 3.24. The number of nitrogens with zero attached hydrogens (tertiary/aromatic N) is 1. The van der Waals surface area contributed by atoms with Crippen molar-refractivity contribution in [3.63, 3.8) is 0 Å². The summed E-state index contributed by atoms with van der Waals surface area (Å²) in [6.07, 6.45) is 1.52. The number of benzene rings is 2. The Morgan fingerprint density at radius 2 is 1.85 bits per heavy atom. The first-order valence-corrected chi connectivity index (χ1v) is 8.72. The van der Waals surface area contributed by atoms with E-state index in [2.05, 4.69) is 21.2 Å². The zero-order valence-electron chi connectivity index (χ0n) is 13.9. The van der Waals surface area contributed by atoms with Crippen LogP contribution in [0.4, 0.5) is 4.39 Å². The molecular formula is C20H16BrFN2O2. The topological polar surface area (TPSA) is 51.1 Å². The van der Waals surface area contributed by atoms with E-state index in [0.717, 1.165) is 5.56 Å². The van der Waals surface area contributed by atoms with Crippen LogP contribution in [0.2, 0.25) is 0 Å². The van der Waals surface area contributed by atoms with Gasteiger partial charge in [0.25, 0.3) is 11.5 Å². The number of carbonyl (C=O) groups excluding carboxylic acids is 1. The summed E-state index contributed by atoms with van der Waals surface area (Å²) < 4.78 is 16.5. The van der Waals surface area contributed by atoms with Crippen LogP contribution < -0.4 is 10.9 Å². The molecule has 6 heteroatoms. The van der Waals surface area contributed by atoms with Crippen LogP contribution in [-0.2, 0) is 7.05 Å². The highest BCUT2D eigenvalue weighted by atomic mass is 79.9. The number of amides is 1. The lowest BCUT2D eigenvalue weighted by atomic mass is 9.98. The van der Waals surface area contributed by atoms with Crippen LogP contribution in [0.3, 0.4) is 0 Å². The van der Waals surface area contributed by atoms with Crippen molar-refractivity contribution in [1.82, 2.24) is 9.88 Å². The third-order valence-electron chi connectivity index (χ3n) is 4.05. The zero-order chi connectivity index (χ0) is 18.7. The van der Waals surface area contributed by atoms with Crippen molar-refractivity contribution in [3.8, 4) is 0 Å². The van der Waals surface area contributed by atoms with Gasteiger partial charge in [-0.2, -0.15) is 0 Å². The quantitative estimate of drug-likeness (QED) is 0.705. The first-order valence-electron chi connectivity index (χ1n) is 7.93. The number of aryl methyl sites for hydroxylation is 1. The number of aromatic nitrogens is 1. The van der Waals surface area contributed by atoms with E-state index in [-0.39, 0.29) is 11.1 Å². The lowest BCUT2D eigenvalue weighted by Crippen LogP contribution is -2.31. The Labute approximate surface area is 158 Å². The SMILES string of the molecule is Cn1ccc(C(=O)N[C@H](c2ccccc2)c2ccc(Br)cc2F)cc1=O. The molecule has 132 valence electrons. The minimum atomic E-state index is -0.680. The second-order valence-electron chi connectivity index (χ2n) is 5.85. The molecule has 26 heavy (non-hydrogen) atoms. The smallest absolute Gasteiger partial charge is 0.252 e. The van der Waals surface area contributed by atoms with Crippen molar-refractivity contribution in [3.05, 3.63) is 104 Å². The van der Waals surface area contributed by atoms with E-state index in [1.807, 2.05) is 30.3 Å². The predicted molar refractivity (Wildman–Crippen MR) is 102 cm³/mol. The number of carbonyl (C=O) groups is 1. The highest BCUT2D eigenvalue weighted by molar-refractivity contribution is 9.10. The molecule has 0 spiro atoms. The van der Waals surface area contributed by atoms with Crippen LogP contribution in [0.15, 0.2) is 76.1 Å². The van der Waals surface area contributed by atoms with Crippen molar-refractivity contribution in [2.75, 3.05) is 0 Å². The number of rotatable bonds is 4. The molecule has 0 aliphatic carbocycles. The van der Waals surface area contributed by atoms with Crippen molar-refractivity contribution >= 4 is 21.8 Å². The van der Waals surface area contributed by atoms with Crippen LogP contribution in [0, 0.1) is 5.82 Å². The largest absolute Gasteiger partial charge is 0.341 e. The Bertz CT molecular complexity index is 1000. The second-order valence-corrected chi connectivity index (χ2v) is 6.76. The standard InChI is InChI=1S/C20H16BrFN2O2/c1-24-10-9-14(11-18(24)25)20(26)23-19(13-5-3-2-4-6-13)16-8-7-15(21)12-17(16)22/h2-12,19H,1H3,(H,23,26)/t19-/m1/s1. The van der Waals surface area contributed by atoms with Crippen LogP contribution in [-0.4, -0.2) is 10.5 Å². The Balaban J connectivity index is 1.99. The van der Waals surface area contributed by atoms with E-state index in [1.54, 1.807) is 25.2 Å². The van der Waals surface area contributed by atoms with E-state index in [9.17, 15) is 14.0 Å². The summed E-state index contributed by atoms with van der Waals surface area (Å²) in [5.74, 6) is -0.878. The maximum absolute atomic E-state index is 14.5. The molecule has 0 fully saturated rings. The fourth-order valence-electron chi connectivity index (χ4n) is 2.63. The Morgan fingerprint density at radius 1 is 1.12 bits per heavy atom. The van der Waals surface area contributed by atoms with Gasteiger partial charge >= 0.3 is 0 Å². The summed E-state index contributed by atoms with van der Waals surface area (Å²) in [5, 5.41) is 2.83. The van der Waals surface area contributed by atoms with Crippen molar-refractivity contribution in [2.45, 2.75) is 6.04 Å². The molecule has 1 aromatic heterocycles. The molecule has 2 aromatic carbocycles. The molecule has 0 unspecified atom stereocenters. The maximum atomic E-state index is 14.5. The first-order chi connectivity index (χ1) is 12.5. The van der Waals surface area contributed by atoms with Crippen LogP contribution >= 0.6 is 15.9 Å². The van der Waals surface area contributed by atoms with Gasteiger partial charge in [-0.15, -0.1) is 0 Å². The zero-order valence-corrected chi connectivity index (χ0v) is 15.5. The molecular weight excluding hydrogens is 399 g/mol. The van der Waals surface area contributed by atoms with Gasteiger partial charge < -0.3 is 9.88 Å². The summed E-state index contributed by atoms with van der Waals surface area (Å²) in [6.45, 7) is 0. The van der Waals surface area contributed by atoms with Crippen molar-refractivity contribution in [1.29, 1.82) is 0 Å². The van der Waals surface area contributed by atoms with Gasteiger partial charge in [-0.25, -0.2) is 4.39 Å². The molecule has 1 heterocycles. The van der Waals surface area contributed by atoms with E-state index in [4.69, 9.17) is 0 Å². The molecule has 0 aliphatic heterocycles. The normalized spacial score (nSPS) is 11.8. The Hall–Kier alpha value is -2.73. The minimum Gasteiger partial charge on any atom is -0.341 e. The van der Waals surface area contributed by atoms with Crippen molar-refractivity contribution < 1.29 is 9.18 Å². The fourth-order valence-corrected chi connectivity index (χ4v) is 2.96. The lowest BCUT2D eigenvalue weighted by Gasteiger charge is -2.20. The number of pyridine rings is 1. The summed E-state index contributed by atoms with van der Waals surface area (Å²) in [7, 11) is 1.61. The number of hydrogen-bond donors (Lipinski definition) is 1. The molecule has 0 saturated carbocycles. The van der Waals surface area contributed by atoms with Crippen molar-refractivity contribution in [2.24, 2.45) is 7.05 Å². The molecule has 1 amide bonds. The monoisotopic (exact) mass is 414 g/mol. The molecule has 0 aliphatic rings. The number of halogens is 2. The molecule has 0 radical (unpaired) electrons. The van der Waals surface area contributed by atoms with Gasteiger partial charge in [-0.1, -0.05) is 52.3 Å². The molecule has 1 atom stereocenters. The van der Waals surface area contributed by atoms with E-state index in [1.165, 1.54) is 22.9 Å². The van der Waals surface area contributed by atoms with E-state index < -0.39 is 17.8 Å². The van der Waals surface area contributed by atoms with Gasteiger partial charge in [-0.3, -0.25) is 9.59 Å². The van der Waals surface area contributed by atoms with Gasteiger partial charge in [0.15, 0.2) is 0 Å². The van der Waals surface area contributed by atoms with Gasteiger partial charge in [-0.05, 0) is 23.8 Å². The van der Waals surface area contributed by atoms with Gasteiger partial charge in [0, 0.05) is 34.9 Å². The molecule has 0 saturated heterocycles.